The van der Waals surface area contributed by atoms with Gasteiger partial charge in [0, 0.05) is 12.0 Å². The average molecular weight is 251 g/mol. The number of rotatable bonds is 1. The Bertz CT molecular complexity index is 507. The summed E-state index contributed by atoms with van der Waals surface area (Å²) in [4.78, 5) is 11.8. The first-order valence-electron chi connectivity index (χ1n) is 5.57. The number of carbonyl (C=O) groups is 1. The van der Waals surface area contributed by atoms with Gasteiger partial charge in [-0.2, -0.15) is 0 Å². The number of ether oxygens (including phenoxy) is 2. The predicted octanol–water partition coefficient (Wildman–Crippen LogP) is 2.73. The van der Waals surface area contributed by atoms with Gasteiger partial charge in [0.25, 0.3) is 0 Å². The Balaban J connectivity index is 2.04. The van der Waals surface area contributed by atoms with Crippen LogP contribution in [0, 0.1) is 0 Å². The minimum Gasteiger partial charge on any atom is -0.493 e. The van der Waals surface area contributed by atoms with Crippen molar-refractivity contribution in [3.63, 3.8) is 0 Å². The molecule has 4 heteroatoms. The van der Waals surface area contributed by atoms with Gasteiger partial charge in [0.1, 0.15) is 23.2 Å². The number of hydrogen-bond donors (Lipinski definition) is 0. The van der Waals surface area contributed by atoms with E-state index in [1.165, 1.54) is 0 Å². The molecule has 1 fully saturated rings. The van der Waals surface area contributed by atoms with E-state index in [0.29, 0.717) is 23.0 Å². The average Bonchev–Trinajstić information content (AvgIpc) is 2.91. The largest absolute Gasteiger partial charge is 0.493 e. The van der Waals surface area contributed by atoms with Crippen LogP contribution in [0.15, 0.2) is 30.0 Å². The number of carbonyl (C=O) groups excluding carboxylic acids is 1. The molecule has 0 spiro atoms. The molecule has 0 radical (unpaired) electrons. The van der Waals surface area contributed by atoms with E-state index in [1.807, 2.05) is 18.2 Å². The third-order valence-electron chi connectivity index (χ3n) is 3.02. The highest BCUT2D eigenvalue weighted by Gasteiger charge is 2.33. The quantitative estimate of drug-likeness (QED) is 0.333. The van der Waals surface area contributed by atoms with E-state index < -0.39 is 0 Å². The predicted molar refractivity (Wildman–Crippen MR) is 63.8 cm³/mol. The van der Waals surface area contributed by atoms with Crippen molar-refractivity contribution in [2.75, 3.05) is 5.88 Å². The van der Waals surface area contributed by atoms with Crippen molar-refractivity contribution in [1.29, 1.82) is 0 Å². The van der Waals surface area contributed by atoms with Gasteiger partial charge >= 0.3 is 5.97 Å². The minimum atomic E-state index is -0.323. The molecule has 3 nitrogen and oxygen atoms in total. The van der Waals surface area contributed by atoms with Gasteiger partial charge in [0.05, 0.1) is 5.88 Å². The fourth-order valence-corrected chi connectivity index (χ4v) is 2.41. The Labute approximate surface area is 104 Å². The minimum absolute atomic E-state index is 0.0136. The molecule has 1 unspecified atom stereocenters. The summed E-state index contributed by atoms with van der Waals surface area (Å²) in [6.45, 7) is 0. The van der Waals surface area contributed by atoms with Crippen molar-refractivity contribution < 1.29 is 14.3 Å². The second kappa shape index (κ2) is 4.08. The molecule has 0 aliphatic carbocycles. The van der Waals surface area contributed by atoms with Crippen LogP contribution in [-0.2, 0) is 9.53 Å². The molecule has 1 aromatic rings. The fraction of sp³-hybridized carbons (Fsp3) is 0.308. The van der Waals surface area contributed by atoms with Crippen molar-refractivity contribution >= 4 is 23.1 Å². The maximum atomic E-state index is 11.8. The number of benzene rings is 1. The Morgan fingerprint density at radius 2 is 2.18 bits per heavy atom. The first-order valence-corrected chi connectivity index (χ1v) is 6.10. The first kappa shape index (κ1) is 10.7. The molecular formula is C13H11ClO3. The zero-order chi connectivity index (χ0) is 11.8. The smallest absolute Gasteiger partial charge is 0.347 e. The Kier molecular flexibility index (Phi) is 2.56. The molecule has 0 bridgehead atoms. The molecule has 0 N–H and O–H groups in total. The second-order valence-corrected chi connectivity index (χ2v) is 4.43. The molecule has 0 saturated carbocycles. The summed E-state index contributed by atoms with van der Waals surface area (Å²) >= 11 is 5.75. The van der Waals surface area contributed by atoms with Crippen LogP contribution in [0.4, 0.5) is 0 Å². The maximum absolute atomic E-state index is 11.8. The van der Waals surface area contributed by atoms with Gasteiger partial charge in [-0.25, -0.2) is 4.79 Å². The van der Waals surface area contributed by atoms with Gasteiger partial charge in [0.15, 0.2) is 0 Å². The Morgan fingerprint density at radius 1 is 1.35 bits per heavy atom. The van der Waals surface area contributed by atoms with E-state index in [2.05, 4.69) is 0 Å². The van der Waals surface area contributed by atoms with Crippen LogP contribution in [0.25, 0.3) is 5.57 Å². The number of esters is 1. The number of allylic oxidation sites excluding steroid dienone is 1. The molecule has 1 aromatic carbocycles. The number of para-hydroxylation sites is 1. The molecule has 17 heavy (non-hydrogen) atoms. The zero-order valence-corrected chi connectivity index (χ0v) is 9.87. The second-order valence-electron chi connectivity index (χ2n) is 4.12. The van der Waals surface area contributed by atoms with Gasteiger partial charge in [0.2, 0.25) is 0 Å². The number of hydrogen-bond acceptors (Lipinski definition) is 3. The molecule has 1 saturated heterocycles. The van der Waals surface area contributed by atoms with Crippen LogP contribution in [-0.4, -0.2) is 18.0 Å². The Morgan fingerprint density at radius 3 is 2.94 bits per heavy atom. The van der Waals surface area contributed by atoms with Gasteiger partial charge < -0.3 is 9.47 Å². The van der Waals surface area contributed by atoms with Crippen LogP contribution in [0.3, 0.4) is 0 Å². The highest BCUT2D eigenvalue weighted by molar-refractivity contribution is 6.22. The number of fused-ring (bicyclic) bond motifs is 1. The maximum Gasteiger partial charge on any atom is 0.347 e. The lowest BCUT2D eigenvalue weighted by atomic mass is 10.0. The molecule has 0 aromatic heterocycles. The molecule has 0 amide bonds. The Hall–Kier alpha value is -1.48. The number of halogens is 1. The third kappa shape index (κ3) is 1.71. The van der Waals surface area contributed by atoms with Crippen LogP contribution < -0.4 is 4.74 Å². The van der Waals surface area contributed by atoms with Gasteiger partial charge in [-0.15, -0.1) is 11.6 Å². The van der Waals surface area contributed by atoms with Crippen molar-refractivity contribution in [3.05, 3.63) is 35.6 Å². The highest BCUT2D eigenvalue weighted by Crippen LogP contribution is 2.39. The highest BCUT2D eigenvalue weighted by atomic mass is 35.5. The monoisotopic (exact) mass is 250 g/mol. The molecule has 2 heterocycles. The normalized spacial score (nSPS) is 26.6. The van der Waals surface area contributed by atoms with Gasteiger partial charge in [-0.1, -0.05) is 18.2 Å². The van der Waals surface area contributed by atoms with Crippen LogP contribution in [0.1, 0.15) is 18.4 Å². The van der Waals surface area contributed by atoms with Crippen molar-refractivity contribution in [2.45, 2.75) is 18.9 Å². The third-order valence-corrected chi connectivity index (χ3v) is 3.36. The van der Waals surface area contributed by atoms with Crippen LogP contribution in [0.2, 0.25) is 0 Å². The lowest BCUT2D eigenvalue weighted by Crippen LogP contribution is -2.07. The van der Waals surface area contributed by atoms with Crippen molar-refractivity contribution in [1.82, 2.24) is 0 Å². The summed E-state index contributed by atoms with van der Waals surface area (Å²) in [6, 6.07) is 7.39. The van der Waals surface area contributed by atoms with E-state index in [4.69, 9.17) is 21.1 Å². The molecular weight excluding hydrogens is 240 g/mol. The fourth-order valence-electron chi connectivity index (χ4n) is 2.19. The SMILES string of the molecule is O=C1Oc2ccccc2/C1=C1\CCC(CCl)O1. The van der Waals surface area contributed by atoms with Gasteiger partial charge in [-0.3, -0.25) is 0 Å². The summed E-state index contributed by atoms with van der Waals surface area (Å²) in [7, 11) is 0. The lowest BCUT2D eigenvalue weighted by molar-refractivity contribution is -0.127. The summed E-state index contributed by atoms with van der Waals surface area (Å²) in [5.74, 6) is 1.45. The van der Waals surface area contributed by atoms with E-state index in [-0.39, 0.29) is 12.1 Å². The molecule has 2 aliphatic rings. The van der Waals surface area contributed by atoms with E-state index >= 15 is 0 Å². The molecule has 1 atom stereocenters. The summed E-state index contributed by atoms with van der Waals surface area (Å²) in [5.41, 5.74) is 1.39. The van der Waals surface area contributed by atoms with Crippen molar-refractivity contribution in [2.24, 2.45) is 0 Å². The van der Waals surface area contributed by atoms with Gasteiger partial charge in [-0.05, 0) is 12.5 Å². The topological polar surface area (TPSA) is 35.5 Å². The zero-order valence-electron chi connectivity index (χ0n) is 9.11. The number of alkyl halides is 1. The van der Waals surface area contributed by atoms with Crippen LogP contribution in [0.5, 0.6) is 5.75 Å². The molecule has 88 valence electrons. The van der Waals surface area contributed by atoms with E-state index in [1.54, 1.807) is 6.07 Å². The standard InChI is InChI=1S/C13H11ClO3/c14-7-8-5-6-11(16-8)12-9-3-1-2-4-10(9)17-13(12)15/h1-4,8H,5-7H2/b12-11-. The molecule has 3 rings (SSSR count). The summed E-state index contributed by atoms with van der Waals surface area (Å²) in [6.07, 6.45) is 1.62. The van der Waals surface area contributed by atoms with Crippen LogP contribution >= 0.6 is 11.6 Å². The van der Waals surface area contributed by atoms with Crippen molar-refractivity contribution in [3.8, 4) is 5.75 Å². The molecule has 2 aliphatic heterocycles. The summed E-state index contributed by atoms with van der Waals surface area (Å²) in [5, 5.41) is 0. The van der Waals surface area contributed by atoms with E-state index in [0.717, 1.165) is 18.4 Å². The summed E-state index contributed by atoms with van der Waals surface area (Å²) < 4.78 is 10.9. The lowest BCUT2D eigenvalue weighted by Gasteiger charge is -2.07. The first-order chi connectivity index (χ1) is 8.29. The van der Waals surface area contributed by atoms with E-state index in [9.17, 15) is 4.79 Å².